The lowest BCUT2D eigenvalue weighted by Gasteiger charge is -1.99. The van der Waals surface area contributed by atoms with Gasteiger partial charge in [0.25, 0.3) is 0 Å². The first-order chi connectivity index (χ1) is 13.8. The summed E-state index contributed by atoms with van der Waals surface area (Å²) in [5, 5.41) is 0. The van der Waals surface area contributed by atoms with Crippen molar-refractivity contribution in [1.29, 1.82) is 0 Å². The fourth-order valence-corrected chi connectivity index (χ4v) is 2.88. The van der Waals surface area contributed by atoms with Crippen LogP contribution in [0.2, 0.25) is 0 Å². The lowest BCUT2D eigenvalue weighted by atomic mass is 10.1. The second kappa shape index (κ2) is 30.4. The van der Waals surface area contributed by atoms with E-state index in [1.807, 2.05) is 48.6 Å². The Labute approximate surface area is 178 Å². The highest BCUT2D eigenvalue weighted by atomic mass is 14.0. The zero-order valence-corrected chi connectivity index (χ0v) is 19.3. The molecule has 0 bridgehead atoms. The molecule has 0 N–H and O–H groups in total. The molecule has 0 radical (unpaired) electrons. The molecule has 0 unspecified atom stereocenters. The van der Waals surface area contributed by atoms with Crippen LogP contribution < -0.4 is 0 Å². The smallest absolute Gasteiger partial charge is 0.0353 e. The van der Waals surface area contributed by atoms with Gasteiger partial charge in [-0.25, -0.2) is 0 Å². The molecule has 0 saturated heterocycles. The lowest BCUT2D eigenvalue weighted by Crippen LogP contribution is -1.79. The Morgan fingerprint density at radius 1 is 0.429 bits per heavy atom. The van der Waals surface area contributed by atoms with Gasteiger partial charge in [-0.1, -0.05) is 139 Å². The van der Waals surface area contributed by atoms with Crippen molar-refractivity contribution in [3.8, 4) is 0 Å². The molecule has 0 aliphatic heterocycles. The Morgan fingerprint density at radius 3 is 0.929 bits per heavy atom. The van der Waals surface area contributed by atoms with E-state index in [0.717, 1.165) is 0 Å². The second-order valence-electron chi connectivity index (χ2n) is 7.55. The van der Waals surface area contributed by atoms with Crippen molar-refractivity contribution in [3.63, 3.8) is 0 Å². The summed E-state index contributed by atoms with van der Waals surface area (Å²) in [6, 6.07) is 12.0. The monoisotopic (exact) mass is 386 g/mol. The largest absolute Gasteiger partial charge is 0.103 e. The van der Waals surface area contributed by atoms with E-state index in [1.165, 1.54) is 103 Å². The fraction of sp³-hybridized carbons (Fsp3) is 0.643. The quantitative estimate of drug-likeness (QED) is 0.196. The first-order valence-corrected chi connectivity index (χ1v) is 12.0. The van der Waals surface area contributed by atoms with Crippen LogP contribution in [0.5, 0.6) is 0 Å². The van der Waals surface area contributed by atoms with Crippen LogP contribution >= 0.6 is 0 Å². The van der Waals surface area contributed by atoms with Gasteiger partial charge in [-0.15, -0.1) is 13.2 Å². The molecule has 0 nitrogen and oxygen atoms in total. The Morgan fingerprint density at radius 2 is 0.679 bits per heavy atom. The Balaban J connectivity index is 0. The van der Waals surface area contributed by atoms with E-state index in [9.17, 15) is 0 Å². The van der Waals surface area contributed by atoms with Gasteiger partial charge in [-0.05, 0) is 25.7 Å². The van der Waals surface area contributed by atoms with Gasteiger partial charge in [0.1, 0.15) is 0 Å². The number of allylic oxidation sites excluding steroid dienone is 2. The summed E-state index contributed by atoms with van der Waals surface area (Å²) in [7, 11) is 0. The zero-order valence-electron chi connectivity index (χ0n) is 19.3. The summed E-state index contributed by atoms with van der Waals surface area (Å²) in [5.41, 5.74) is 0. The van der Waals surface area contributed by atoms with Gasteiger partial charge in [0.05, 0.1) is 0 Å². The summed E-state index contributed by atoms with van der Waals surface area (Å²) in [6.07, 6.45) is 26.1. The average molecular weight is 387 g/mol. The van der Waals surface area contributed by atoms with Gasteiger partial charge < -0.3 is 0 Å². The van der Waals surface area contributed by atoms with Gasteiger partial charge in [0.15, 0.2) is 0 Å². The van der Waals surface area contributed by atoms with Crippen LogP contribution in [0.3, 0.4) is 0 Å². The summed E-state index contributed by atoms with van der Waals surface area (Å²) in [4.78, 5) is 0. The molecule has 0 spiro atoms. The molecule has 1 aromatic carbocycles. The third-order valence-electron chi connectivity index (χ3n) is 4.69. The SMILES string of the molecule is C=CCCCCCCCC.C=CCCCCCCCCCC.c1ccccc1. The van der Waals surface area contributed by atoms with Crippen LogP contribution in [0.25, 0.3) is 0 Å². The van der Waals surface area contributed by atoms with Crippen LogP contribution in [0, 0.1) is 0 Å². The van der Waals surface area contributed by atoms with Crippen LogP contribution in [0.15, 0.2) is 61.7 Å². The van der Waals surface area contributed by atoms with E-state index >= 15 is 0 Å². The normalized spacial score (nSPS) is 9.50. The lowest BCUT2D eigenvalue weighted by molar-refractivity contribution is 0.578. The average Bonchev–Trinajstić information content (AvgIpc) is 2.75. The summed E-state index contributed by atoms with van der Waals surface area (Å²) < 4.78 is 0. The highest BCUT2D eigenvalue weighted by Crippen LogP contribution is 2.09. The van der Waals surface area contributed by atoms with Crippen molar-refractivity contribution >= 4 is 0 Å². The molecule has 28 heavy (non-hydrogen) atoms. The fourth-order valence-electron chi connectivity index (χ4n) is 2.88. The maximum atomic E-state index is 3.72. The van der Waals surface area contributed by atoms with Gasteiger partial charge in [0.2, 0.25) is 0 Å². The molecule has 0 heteroatoms. The molecule has 0 atom stereocenters. The van der Waals surface area contributed by atoms with Crippen molar-refractivity contribution in [1.82, 2.24) is 0 Å². The number of hydrogen-bond donors (Lipinski definition) is 0. The first kappa shape index (κ1) is 28.9. The topological polar surface area (TPSA) is 0 Å². The number of unbranched alkanes of at least 4 members (excludes halogenated alkanes) is 14. The molecular formula is C28H50. The van der Waals surface area contributed by atoms with Crippen LogP contribution in [-0.2, 0) is 0 Å². The molecule has 0 heterocycles. The molecule has 0 saturated carbocycles. The molecule has 0 aliphatic rings. The van der Waals surface area contributed by atoms with E-state index in [4.69, 9.17) is 0 Å². The third kappa shape index (κ3) is 32.4. The molecule has 0 fully saturated rings. The minimum atomic E-state index is 1.20. The van der Waals surface area contributed by atoms with Crippen LogP contribution in [0.4, 0.5) is 0 Å². The van der Waals surface area contributed by atoms with E-state index in [-0.39, 0.29) is 0 Å². The van der Waals surface area contributed by atoms with E-state index in [1.54, 1.807) is 0 Å². The molecule has 1 aromatic rings. The molecule has 0 aliphatic carbocycles. The van der Waals surface area contributed by atoms with Gasteiger partial charge in [-0.3, -0.25) is 0 Å². The van der Waals surface area contributed by atoms with Crippen molar-refractivity contribution in [2.24, 2.45) is 0 Å². The number of benzene rings is 1. The predicted molar refractivity (Wildman–Crippen MR) is 132 cm³/mol. The molecule has 0 amide bonds. The minimum Gasteiger partial charge on any atom is -0.103 e. The standard InChI is InChI=1S/C12H24.C10H20.C6H6/c1-3-5-7-9-11-12-10-8-6-4-2;1-3-5-7-9-10-8-6-4-2;1-2-4-6-5-3-1/h3H,1,4-12H2,2H3;3H,1,4-10H2,2H3;1-6H. The first-order valence-electron chi connectivity index (χ1n) is 12.0. The minimum absolute atomic E-state index is 1.20. The molecular weight excluding hydrogens is 336 g/mol. The van der Waals surface area contributed by atoms with Crippen LogP contribution in [0.1, 0.15) is 117 Å². The third-order valence-corrected chi connectivity index (χ3v) is 4.69. The Hall–Kier alpha value is -1.30. The highest BCUT2D eigenvalue weighted by molar-refractivity contribution is 4.99. The zero-order chi connectivity index (χ0) is 21.0. The summed E-state index contributed by atoms with van der Waals surface area (Å²) in [5.74, 6) is 0. The van der Waals surface area contributed by atoms with Crippen molar-refractivity contribution in [3.05, 3.63) is 61.7 Å². The van der Waals surface area contributed by atoms with Gasteiger partial charge >= 0.3 is 0 Å². The van der Waals surface area contributed by atoms with E-state index in [2.05, 4.69) is 27.0 Å². The highest BCUT2D eigenvalue weighted by Gasteiger charge is 1.89. The molecule has 0 aromatic heterocycles. The number of rotatable bonds is 16. The van der Waals surface area contributed by atoms with Crippen molar-refractivity contribution in [2.75, 3.05) is 0 Å². The number of hydrogen-bond acceptors (Lipinski definition) is 0. The van der Waals surface area contributed by atoms with Gasteiger partial charge in [-0.2, -0.15) is 0 Å². The van der Waals surface area contributed by atoms with E-state index in [0.29, 0.717) is 0 Å². The summed E-state index contributed by atoms with van der Waals surface area (Å²) in [6.45, 7) is 11.9. The maximum Gasteiger partial charge on any atom is -0.0353 e. The second-order valence-corrected chi connectivity index (χ2v) is 7.55. The maximum absolute atomic E-state index is 3.72. The van der Waals surface area contributed by atoms with Gasteiger partial charge in [0, 0.05) is 0 Å². The molecule has 162 valence electrons. The van der Waals surface area contributed by atoms with Crippen molar-refractivity contribution < 1.29 is 0 Å². The molecule has 1 rings (SSSR count). The summed E-state index contributed by atoms with van der Waals surface area (Å²) >= 11 is 0. The predicted octanol–water partition coefficient (Wildman–Crippen LogP) is 10.3. The Kier molecular flexibility index (Phi) is 31.4. The van der Waals surface area contributed by atoms with Crippen LogP contribution in [-0.4, -0.2) is 0 Å². The Bertz CT molecular complexity index is 338. The van der Waals surface area contributed by atoms with Crippen molar-refractivity contribution in [2.45, 2.75) is 117 Å². The van der Waals surface area contributed by atoms with E-state index < -0.39 is 0 Å².